The van der Waals surface area contributed by atoms with E-state index in [0.29, 0.717) is 32.1 Å². The molecule has 88 valence electrons. The first-order chi connectivity index (χ1) is 7.02. The standard InChI is InChI=1S/C11H21NO3/c1-9(2)8-15-7-6-12-11(14)5-4-10(3)13/h9H,4-8H2,1-3H3,(H,12,14). The maximum Gasteiger partial charge on any atom is 0.220 e. The lowest BCUT2D eigenvalue weighted by molar-refractivity contribution is -0.124. The van der Waals surface area contributed by atoms with Gasteiger partial charge in [-0.15, -0.1) is 0 Å². The van der Waals surface area contributed by atoms with Crippen molar-refractivity contribution in [2.24, 2.45) is 5.92 Å². The van der Waals surface area contributed by atoms with Gasteiger partial charge in [-0.25, -0.2) is 0 Å². The molecule has 0 radical (unpaired) electrons. The molecule has 0 spiro atoms. The molecule has 0 atom stereocenters. The van der Waals surface area contributed by atoms with Crippen molar-refractivity contribution in [2.45, 2.75) is 33.6 Å². The van der Waals surface area contributed by atoms with Crippen LogP contribution in [0, 0.1) is 5.92 Å². The average molecular weight is 215 g/mol. The molecule has 1 amide bonds. The molecule has 0 aliphatic rings. The Kier molecular flexibility index (Phi) is 7.91. The van der Waals surface area contributed by atoms with Gasteiger partial charge in [0, 0.05) is 26.0 Å². The molecule has 0 unspecified atom stereocenters. The number of ether oxygens (including phenoxy) is 1. The van der Waals surface area contributed by atoms with Crippen LogP contribution >= 0.6 is 0 Å². The molecule has 0 aliphatic heterocycles. The second-order valence-corrected chi connectivity index (χ2v) is 4.02. The third-order valence-electron chi connectivity index (χ3n) is 1.72. The lowest BCUT2D eigenvalue weighted by Gasteiger charge is -2.07. The minimum atomic E-state index is -0.0849. The van der Waals surface area contributed by atoms with Crippen LogP contribution < -0.4 is 5.32 Å². The number of rotatable bonds is 8. The van der Waals surface area contributed by atoms with Gasteiger partial charge in [0.1, 0.15) is 5.78 Å². The van der Waals surface area contributed by atoms with Crippen LogP contribution in [0.15, 0.2) is 0 Å². The van der Waals surface area contributed by atoms with Crippen LogP contribution in [0.1, 0.15) is 33.6 Å². The Labute approximate surface area is 91.4 Å². The van der Waals surface area contributed by atoms with E-state index in [0.717, 1.165) is 0 Å². The smallest absolute Gasteiger partial charge is 0.220 e. The lowest BCUT2D eigenvalue weighted by Crippen LogP contribution is -2.27. The Morgan fingerprint density at radius 2 is 1.93 bits per heavy atom. The lowest BCUT2D eigenvalue weighted by atomic mass is 10.2. The molecular formula is C11H21NO3. The van der Waals surface area contributed by atoms with Crippen molar-refractivity contribution in [3.05, 3.63) is 0 Å². The molecule has 0 rings (SSSR count). The SMILES string of the molecule is CC(=O)CCC(=O)NCCOCC(C)C. The number of nitrogens with one attached hydrogen (secondary N) is 1. The van der Waals surface area contributed by atoms with Crippen LogP contribution in [-0.4, -0.2) is 31.4 Å². The molecule has 0 saturated carbocycles. The van der Waals surface area contributed by atoms with E-state index in [4.69, 9.17) is 4.74 Å². The molecule has 0 aromatic rings. The topological polar surface area (TPSA) is 55.4 Å². The minimum absolute atomic E-state index is 0.0428. The van der Waals surface area contributed by atoms with E-state index in [2.05, 4.69) is 19.2 Å². The quantitative estimate of drug-likeness (QED) is 0.618. The first-order valence-corrected chi connectivity index (χ1v) is 5.36. The molecule has 4 heteroatoms. The van der Waals surface area contributed by atoms with Gasteiger partial charge in [-0.2, -0.15) is 0 Å². The fourth-order valence-corrected chi connectivity index (χ4v) is 0.960. The first-order valence-electron chi connectivity index (χ1n) is 5.36. The van der Waals surface area contributed by atoms with Crippen molar-refractivity contribution >= 4 is 11.7 Å². The van der Waals surface area contributed by atoms with Crippen molar-refractivity contribution in [1.82, 2.24) is 5.32 Å². The van der Waals surface area contributed by atoms with Gasteiger partial charge < -0.3 is 14.8 Å². The van der Waals surface area contributed by atoms with Gasteiger partial charge in [0.2, 0.25) is 5.91 Å². The van der Waals surface area contributed by atoms with Gasteiger partial charge in [0.05, 0.1) is 6.61 Å². The normalized spacial score (nSPS) is 10.4. The van der Waals surface area contributed by atoms with Crippen LogP contribution in [-0.2, 0) is 14.3 Å². The molecule has 1 N–H and O–H groups in total. The molecule has 0 heterocycles. The van der Waals surface area contributed by atoms with Crippen molar-refractivity contribution in [2.75, 3.05) is 19.8 Å². The summed E-state index contributed by atoms with van der Waals surface area (Å²) >= 11 is 0. The predicted molar refractivity (Wildman–Crippen MR) is 58.6 cm³/mol. The molecule has 0 saturated heterocycles. The summed E-state index contributed by atoms with van der Waals surface area (Å²) in [5, 5.41) is 2.70. The largest absolute Gasteiger partial charge is 0.379 e. The van der Waals surface area contributed by atoms with E-state index in [1.165, 1.54) is 6.92 Å². The summed E-state index contributed by atoms with van der Waals surface area (Å²) in [6, 6.07) is 0. The second kappa shape index (κ2) is 8.41. The Balaban J connectivity index is 3.28. The predicted octanol–water partition coefficient (Wildman–Crippen LogP) is 1.14. The molecule has 0 fully saturated rings. The highest BCUT2D eigenvalue weighted by atomic mass is 16.5. The summed E-state index contributed by atoms with van der Waals surface area (Å²) in [4.78, 5) is 21.7. The summed E-state index contributed by atoms with van der Waals surface area (Å²) in [5.41, 5.74) is 0. The Morgan fingerprint density at radius 1 is 1.27 bits per heavy atom. The van der Waals surface area contributed by atoms with E-state index < -0.39 is 0 Å². The molecule has 4 nitrogen and oxygen atoms in total. The summed E-state index contributed by atoms with van der Waals surface area (Å²) in [5.74, 6) is 0.470. The van der Waals surface area contributed by atoms with Gasteiger partial charge in [-0.3, -0.25) is 4.79 Å². The van der Waals surface area contributed by atoms with Crippen LogP contribution in [0.4, 0.5) is 0 Å². The van der Waals surface area contributed by atoms with Crippen molar-refractivity contribution < 1.29 is 14.3 Å². The number of hydrogen-bond acceptors (Lipinski definition) is 3. The van der Waals surface area contributed by atoms with Crippen molar-refractivity contribution in [1.29, 1.82) is 0 Å². The van der Waals surface area contributed by atoms with Crippen LogP contribution in [0.25, 0.3) is 0 Å². The van der Waals surface area contributed by atoms with Crippen molar-refractivity contribution in [3.8, 4) is 0 Å². The summed E-state index contributed by atoms with van der Waals surface area (Å²) in [7, 11) is 0. The summed E-state index contributed by atoms with van der Waals surface area (Å²) < 4.78 is 5.29. The Morgan fingerprint density at radius 3 is 2.47 bits per heavy atom. The monoisotopic (exact) mass is 215 g/mol. The highest BCUT2D eigenvalue weighted by Gasteiger charge is 2.02. The van der Waals surface area contributed by atoms with E-state index >= 15 is 0 Å². The van der Waals surface area contributed by atoms with Gasteiger partial charge in [0.25, 0.3) is 0 Å². The fraction of sp³-hybridized carbons (Fsp3) is 0.818. The van der Waals surface area contributed by atoms with Crippen molar-refractivity contribution in [3.63, 3.8) is 0 Å². The third kappa shape index (κ3) is 11.0. The van der Waals surface area contributed by atoms with E-state index in [1.54, 1.807) is 0 Å². The summed E-state index contributed by atoms with van der Waals surface area (Å²) in [6.45, 7) is 7.40. The Hall–Kier alpha value is -0.900. The molecule has 15 heavy (non-hydrogen) atoms. The van der Waals surface area contributed by atoms with Crippen LogP contribution in [0.2, 0.25) is 0 Å². The maximum absolute atomic E-state index is 11.1. The number of carbonyl (C=O) groups excluding carboxylic acids is 2. The van der Waals surface area contributed by atoms with Crippen LogP contribution in [0.5, 0.6) is 0 Å². The summed E-state index contributed by atoms with van der Waals surface area (Å²) in [6.07, 6.45) is 0.595. The minimum Gasteiger partial charge on any atom is -0.379 e. The molecule has 0 aromatic carbocycles. The zero-order chi connectivity index (χ0) is 11.7. The number of hydrogen-bond donors (Lipinski definition) is 1. The van der Waals surface area contributed by atoms with Gasteiger partial charge >= 0.3 is 0 Å². The third-order valence-corrected chi connectivity index (χ3v) is 1.72. The van der Waals surface area contributed by atoms with Gasteiger partial charge in [-0.05, 0) is 12.8 Å². The van der Waals surface area contributed by atoms with E-state index in [9.17, 15) is 9.59 Å². The fourth-order valence-electron chi connectivity index (χ4n) is 0.960. The van der Waals surface area contributed by atoms with E-state index in [-0.39, 0.29) is 18.1 Å². The zero-order valence-electron chi connectivity index (χ0n) is 9.84. The highest BCUT2D eigenvalue weighted by molar-refractivity contribution is 5.83. The Bertz CT molecular complexity index is 202. The molecular weight excluding hydrogens is 194 g/mol. The van der Waals surface area contributed by atoms with Crippen LogP contribution in [0.3, 0.4) is 0 Å². The first kappa shape index (κ1) is 14.1. The van der Waals surface area contributed by atoms with Gasteiger partial charge in [-0.1, -0.05) is 13.8 Å². The number of ketones is 1. The van der Waals surface area contributed by atoms with Gasteiger partial charge in [0.15, 0.2) is 0 Å². The highest BCUT2D eigenvalue weighted by Crippen LogP contribution is 1.92. The number of Topliss-reactive ketones (excluding diaryl/α,β-unsaturated/α-hetero) is 1. The number of carbonyl (C=O) groups is 2. The zero-order valence-corrected chi connectivity index (χ0v) is 9.84. The van der Waals surface area contributed by atoms with E-state index in [1.807, 2.05) is 0 Å². The second-order valence-electron chi connectivity index (χ2n) is 4.02. The average Bonchev–Trinajstić information content (AvgIpc) is 2.13. The molecule has 0 bridgehead atoms. The molecule has 0 aromatic heterocycles. The molecule has 0 aliphatic carbocycles. The number of amides is 1. The maximum atomic E-state index is 11.1.